The molecule has 0 spiro atoms. The van der Waals surface area contributed by atoms with Crippen molar-refractivity contribution >= 4 is 17.7 Å². The quantitative estimate of drug-likeness (QED) is 0.633. The summed E-state index contributed by atoms with van der Waals surface area (Å²) in [4.78, 5) is 36.2. The van der Waals surface area contributed by atoms with Gasteiger partial charge in [0.05, 0.1) is 12.7 Å². The van der Waals surface area contributed by atoms with Crippen molar-refractivity contribution in [2.75, 3.05) is 0 Å². The summed E-state index contributed by atoms with van der Waals surface area (Å²) in [7, 11) is 0. The number of ketones is 1. The van der Waals surface area contributed by atoms with Crippen molar-refractivity contribution in [2.45, 2.75) is 20.0 Å². The Morgan fingerprint density at radius 1 is 1.43 bits per heavy atom. The van der Waals surface area contributed by atoms with E-state index in [9.17, 15) is 14.4 Å². The van der Waals surface area contributed by atoms with Gasteiger partial charge in [0.15, 0.2) is 5.78 Å². The predicted molar refractivity (Wildman–Crippen MR) is 69.6 cm³/mol. The number of nitrogens with one attached hydrogen (secondary N) is 2. The number of hydrogen-bond donors (Lipinski definition) is 3. The number of aromatic nitrogens is 4. The third kappa shape index (κ3) is 3.75. The van der Waals surface area contributed by atoms with Crippen LogP contribution in [0.25, 0.3) is 0 Å². The monoisotopic (exact) mass is 291 g/mol. The van der Waals surface area contributed by atoms with E-state index in [-0.39, 0.29) is 24.6 Å². The Morgan fingerprint density at radius 2 is 2.19 bits per heavy atom. The smallest absolute Gasteiger partial charge is 0.325 e. The third-order valence-electron chi connectivity index (χ3n) is 2.65. The van der Waals surface area contributed by atoms with Gasteiger partial charge in [-0.15, -0.1) is 5.10 Å². The molecule has 9 nitrogen and oxygen atoms in total. The van der Waals surface area contributed by atoms with E-state index in [0.717, 1.165) is 4.68 Å². The number of carbonyl (C=O) groups is 3. The van der Waals surface area contributed by atoms with Gasteiger partial charge < -0.3 is 15.4 Å². The number of H-pyrrole nitrogens is 1. The van der Waals surface area contributed by atoms with Crippen LogP contribution < -0.4 is 5.32 Å². The molecule has 0 aromatic carbocycles. The van der Waals surface area contributed by atoms with Gasteiger partial charge in [-0.1, -0.05) is 5.21 Å². The minimum Gasteiger partial charge on any atom is -0.480 e. The number of amides is 1. The molecule has 0 atom stereocenters. The molecule has 0 aliphatic heterocycles. The second-order valence-corrected chi connectivity index (χ2v) is 4.34. The Hall–Kier alpha value is -2.97. The second kappa shape index (κ2) is 5.99. The number of aromatic amines is 1. The Bertz CT molecular complexity index is 687. The number of nitrogens with zero attached hydrogens (tertiary/aromatic N) is 3. The maximum atomic E-state index is 11.8. The van der Waals surface area contributed by atoms with Gasteiger partial charge in [-0.25, -0.2) is 4.68 Å². The maximum Gasteiger partial charge on any atom is 0.325 e. The van der Waals surface area contributed by atoms with Crippen LogP contribution in [0, 0.1) is 0 Å². The summed E-state index contributed by atoms with van der Waals surface area (Å²) >= 11 is 0. The standard InChI is InChI=1S/C12H13N5O4/c1-7(18)8-2-10(13-3-8)12(21)14-4-9-5-17(16-15-9)6-11(19)20/h2-3,5,13H,4,6H2,1H3,(H,14,21)(H,19,20). The molecule has 110 valence electrons. The van der Waals surface area contributed by atoms with Crippen molar-refractivity contribution in [1.29, 1.82) is 0 Å². The van der Waals surface area contributed by atoms with E-state index in [2.05, 4.69) is 20.6 Å². The van der Waals surface area contributed by atoms with Crippen LogP contribution in [0.1, 0.15) is 33.5 Å². The predicted octanol–water partition coefficient (Wildman–Crippen LogP) is -0.177. The summed E-state index contributed by atoms with van der Waals surface area (Å²) in [5.74, 6) is -1.56. The van der Waals surface area contributed by atoms with Crippen molar-refractivity contribution in [3.8, 4) is 0 Å². The molecule has 9 heteroatoms. The molecule has 2 aromatic heterocycles. The molecule has 0 aliphatic rings. The number of hydrogen-bond acceptors (Lipinski definition) is 5. The Kier molecular flexibility index (Phi) is 4.12. The minimum absolute atomic E-state index is 0.104. The van der Waals surface area contributed by atoms with Crippen molar-refractivity contribution < 1.29 is 19.5 Å². The number of carboxylic acids is 1. The Balaban J connectivity index is 1.92. The van der Waals surface area contributed by atoms with E-state index < -0.39 is 11.9 Å². The molecule has 2 heterocycles. The van der Waals surface area contributed by atoms with Gasteiger partial charge in [-0.3, -0.25) is 14.4 Å². The summed E-state index contributed by atoms with van der Waals surface area (Å²) < 4.78 is 1.16. The van der Waals surface area contributed by atoms with E-state index in [4.69, 9.17) is 5.11 Å². The summed E-state index contributed by atoms with van der Waals surface area (Å²) in [6, 6.07) is 1.46. The maximum absolute atomic E-state index is 11.8. The lowest BCUT2D eigenvalue weighted by Gasteiger charge is -2.00. The van der Waals surface area contributed by atoms with Gasteiger partial charge in [-0.05, 0) is 13.0 Å². The Morgan fingerprint density at radius 3 is 2.81 bits per heavy atom. The fourth-order valence-corrected chi connectivity index (χ4v) is 1.63. The highest BCUT2D eigenvalue weighted by Gasteiger charge is 2.11. The van der Waals surface area contributed by atoms with Crippen LogP contribution in [0.5, 0.6) is 0 Å². The van der Waals surface area contributed by atoms with Crippen LogP contribution in [0.15, 0.2) is 18.5 Å². The number of Topliss-reactive ketones (excluding diaryl/α,β-unsaturated/α-hetero) is 1. The van der Waals surface area contributed by atoms with E-state index in [1.54, 1.807) is 0 Å². The SMILES string of the molecule is CC(=O)c1c[nH]c(C(=O)NCc2cn(CC(=O)O)nn2)c1. The highest BCUT2D eigenvalue weighted by Crippen LogP contribution is 2.04. The van der Waals surface area contributed by atoms with Crippen LogP contribution in [0.4, 0.5) is 0 Å². The van der Waals surface area contributed by atoms with Crippen molar-refractivity contribution in [2.24, 2.45) is 0 Å². The lowest BCUT2D eigenvalue weighted by Crippen LogP contribution is -2.23. The fourth-order valence-electron chi connectivity index (χ4n) is 1.63. The molecule has 3 N–H and O–H groups in total. The van der Waals surface area contributed by atoms with Gasteiger partial charge in [-0.2, -0.15) is 0 Å². The number of carboxylic acid groups (broad SMARTS) is 1. The zero-order valence-electron chi connectivity index (χ0n) is 11.2. The molecule has 0 bridgehead atoms. The first kappa shape index (κ1) is 14.4. The molecule has 0 aliphatic carbocycles. The average molecular weight is 291 g/mol. The normalized spacial score (nSPS) is 10.3. The number of aliphatic carboxylic acids is 1. The summed E-state index contributed by atoms with van der Waals surface area (Å²) in [6.45, 7) is 1.22. The average Bonchev–Trinajstić information content (AvgIpc) is 3.04. The zero-order valence-corrected chi connectivity index (χ0v) is 11.2. The molecular weight excluding hydrogens is 278 g/mol. The van der Waals surface area contributed by atoms with Crippen LogP contribution in [-0.4, -0.2) is 42.7 Å². The van der Waals surface area contributed by atoms with Crippen LogP contribution in [-0.2, 0) is 17.9 Å². The lowest BCUT2D eigenvalue weighted by molar-refractivity contribution is -0.137. The van der Waals surface area contributed by atoms with E-state index in [0.29, 0.717) is 11.3 Å². The van der Waals surface area contributed by atoms with Gasteiger partial charge >= 0.3 is 5.97 Å². The minimum atomic E-state index is -1.03. The van der Waals surface area contributed by atoms with Crippen molar-refractivity contribution in [3.05, 3.63) is 35.4 Å². The van der Waals surface area contributed by atoms with E-state index in [1.165, 1.54) is 25.4 Å². The molecule has 0 saturated heterocycles. The molecule has 1 amide bonds. The van der Waals surface area contributed by atoms with Gasteiger partial charge in [0.1, 0.15) is 17.9 Å². The molecule has 2 aromatic rings. The summed E-state index contributed by atoms with van der Waals surface area (Å²) in [5.41, 5.74) is 1.12. The van der Waals surface area contributed by atoms with Crippen molar-refractivity contribution in [1.82, 2.24) is 25.3 Å². The molecule has 0 unspecified atom stereocenters. The first-order chi connectivity index (χ1) is 9.95. The van der Waals surface area contributed by atoms with Crippen LogP contribution in [0.2, 0.25) is 0 Å². The fraction of sp³-hybridized carbons (Fsp3) is 0.250. The molecule has 21 heavy (non-hydrogen) atoms. The molecule has 0 saturated carbocycles. The van der Waals surface area contributed by atoms with Crippen LogP contribution >= 0.6 is 0 Å². The van der Waals surface area contributed by atoms with Gasteiger partial charge in [0, 0.05) is 11.8 Å². The Labute approximate surface area is 119 Å². The van der Waals surface area contributed by atoms with Crippen molar-refractivity contribution in [3.63, 3.8) is 0 Å². The third-order valence-corrected chi connectivity index (χ3v) is 2.65. The first-order valence-electron chi connectivity index (χ1n) is 6.04. The number of rotatable bonds is 6. The first-order valence-corrected chi connectivity index (χ1v) is 6.04. The molecule has 2 rings (SSSR count). The molecule has 0 radical (unpaired) electrons. The second-order valence-electron chi connectivity index (χ2n) is 4.34. The summed E-state index contributed by atoms with van der Waals surface area (Å²) in [6.07, 6.45) is 2.89. The highest BCUT2D eigenvalue weighted by molar-refractivity contribution is 5.98. The zero-order chi connectivity index (χ0) is 15.4. The van der Waals surface area contributed by atoms with Crippen LogP contribution in [0.3, 0.4) is 0 Å². The van der Waals surface area contributed by atoms with Gasteiger partial charge in [0.2, 0.25) is 0 Å². The topological polar surface area (TPSA) is 130 Å². The van der Waals surface area contributed by atoms with E-state index >= 15 is 0 Å². The molecular formula is C12H13N5O4. The lowest BCUT2D eigenvalue weighted by atomic mass is 10.2. The largest absolute Gasteiger partial charge is 0.480 e. The van der Waals surface area contributed by atoms with Gasteiger partial charge in [0.25, 0.3) is 5.91 Å². The number of carbonyl (C=O) groups excluding carboxylic acids is 2. The molecule has 0 fully saturated rings. The summed E-state index contributed by atoms with van der Waals surface area (Å²) in [5, 5.41) is 18.5. The highest BCUT2D eigenvalue weighted by atomic mass is 16.4. The van der Waals surface area contributed by atoms with E-state index in [1.807, 2.05) is 0 Å².